The van der Waals surface area contributed by atoms with Crippen molar-refractivity contribution in [3.8, 4) is 0 Å². The van der Waals surface area contributed by atoms with E-state index in [4.69, 9.17) is 0 Å². The molecule has 1 amide bonds. The molecule has 10 heavy (non-hydrogen) atoms. The van der Waals surface area contributed by atoms with Gasteiger partial charge in [0.25, 0.3) is 0 Å². The molecule has 0 aliphatic carbocycles. The highest BCUT2D eigenvalue weighted by atomic mass is 16.1. The Balaban J connectivity index is 3.53. The fraction of sp³-hybridized carbons (Fsp3) is 0.286. The summed E-state index contributed by atoms with van der Waals surface area (Å²) in [6.07, 6.45) is 4.52. The highest BCUT2D eigenvalue weighted by molar-refractivity contribution is 5.87. The Morgan fingerprint density at radius 1 is 1.60 bits per heavy atom. The average molecular weight is 140 g/mol. The first-order valence-corrected chi connectivity index (χ1v) is 2.93. The number of carbonyl (C=O) groups is 1. The monoisotopic (exact) mass is 140 g/mol. The van der Waals surface area contributed by atoms with Gasteiger partial charge in [-0.25, -0.2) is 0 Å². The quantitative estimate of drug-likeness (QED) is 0.573. The molecule has 0 saturated heterocycles. The van der Waals surface area contributed by atoms with Crippen LogP contribution < -0.4 is 5.32 Å². The summed E-state index contributed by atoms with van der Waals surface area (Å²) in [7, 11) is 3.74. The Hall–Kier alpha value is -1.25. The summed E-state index contributed by atoms with van der Waals surface area (Å²) in [5.41, 5.74) is 0. The van der Waals surface area contributed by atoms with Crippen LogP contribution in [-0.2, 0) is 4.79 Å². The predicted molar refractivity (Wildman–Crippen MR) is 41.2 cm³/mol. The molecule has 0 rings (SSSR count). The molecule has 0 atom stereocenters. The predicted octanol–water partition coefficient (Wildman–Crippen LogP) is 0.321. The smallest absolute Gasteiger partial charge is 0.247 e. The first-order valence-electron chi connectivity index (χ1n) is 2.93. The summed E-state index contributed by atoms with van der Waals surface area (Å²) in [4.78, 5) is 12.3. The van der Waals surface area contributed by atoms with Crippen LogP contribution in [0.5, 0.6) is 0 Å². The number of nitrogens with zero attached hydrogens (tertiary/aromatic N) is 1. The maximum Gasteiger partial charge on any atom is 0.247 e. The molecule has 0 unspecified atom stereocenters. The molecule has 0 aromatic heterocycles. The molecular weight excluding hydrogens is 128 g/mol. The molecule has 0 saturated carbocycles. The molecule has 0 spiro atoms. The molecule has 0 aromatic rings. The van der Waals surface area contributed by atoms with Gasteiger partial charge in [0.05, 0.1) is 0 Å². The average Bonchev–Trinajstić information content (AvgIpc) is 1.87. The summed E-state index contributed by atoms with van der Waals surface area (Å²) >= 11 is 0. The van der Waals surface area contributed by atoms with Gasteiger partial charge in [0.15, 0.2) is 0 Å². The molecule has 56 valence electrons. The van der Waals surface area contributed by atoms with Gasteiger partial charge in [-0.15, -0.1) is 0 Å². The number of rotatable bonds is 3. The van der Waals surface area contributed by atoms with Crippen molar-refractivity contribution in [3.63, 3.8) is 0 Å². The molecule has 0 aromatic carbocycles. The normalized spacial score (nSPS) is 9.40. The van der Waals surface area contributed by atoms with Crippen LogP contribution in [0.4, 0.5) is 0 Å². The Morgan fingerprint density at radius 3 is 2.60 bits per heavy atom. The van der Waals surface area contributed by atoms with E-state index in [1.54, 1.807) is 12.4 Å². The second kappa shape index (κ2) is 4.61. The third kappa shape index (κ3) is 4.90. The summed E-state index contributed by atoms with van der Waals surface area (Å²) in [5, 5.41) is 2.48. The Morgan fingerprint density at radius 2 is 2.20 bits per heavy atom. The van der Waals surface area contributed by atoms with Crippen LogP contribution in [0.15, 0.2) is 25.1 Å². The number of amides is 1. The number of nitrogens with one attached hydrogen (secondary N) is 1. The minimum Gasteiger partial charge on any atom is -0.382 e. The lowest BCUT2D eigenvalue weighted by molar-refractivity contribution is -0.115. The van der Waals surface area contributed by atoms with Crippen LogP contribution in [0.2, 0.25) is 0 Å². The van der Waals surface area contributed by atoms with Crippen LogP contribution in [-0.4, -0.2) is 24.9 Å². The Kier molecular flexibility index (Phi) is 4.04. The number of hydrogen-bond donors (Lipinski definition) is 1. The van der Waals surface area contributed by atoms with Crippen molar-refractivity contribution in [2.45, 2.75) is 0 Å². The fourth-order valence-corrected chi connectivity index (χ4v) is 0.327. The largest absolute Gasteiger partial charge is 0.382 e. The van der Waals surface area contributed by atoms with Crippen LogP contribution in [0, 0.1) is 0 Å². The first kappa shape index (κ1) is 8.75. The third-order valence-corrected chi connectivity index (χ3v) is 0.784. The minimum atomic E-state index is -0.196. The van der Waals surface area contributed by atoms with E-state index in [2.05, 4.69) is 11.9 Å². The van der Waals surface area contributed by atoms with E-state index in [0.717, 1.165) is 0 Å². The van der Waals surface area contributed by atoms with Crippen molar-refractivity contribution >= 4 is 5.91 Å². The van der Waals surface area contributed by atoms with Crippen molar-refractivity contribution in [2.75, 3.05) is 14.1 Å². The molecule has 1 N–H and O–H groups in total. The van der Waals surface area contributed by atoms with E-state index in [9.17, 15) is 4.79 Å². The number of carbonyl (C=O) groups excluding carboxylic acids is 1. The zero-order chi connectivity index (χ0) is 7.98. The van der Waals surface area contributed by atoms with E-state index in [-0.39, 0.29) is 5.91 Å². The Labute approximate surface area is 61.0 Å². The fourth-order valence-electron chi connectivity index (χ4n) is 0.327. The van der Waals surface area contributed by atoms with Crippen molar-refractivity contribution < 1.29 is 4.79 Å². The van der Waals surface area contributed by atoms with Crippen LogP contribution >= 0.6 is 0 Å². The van der Waals surface area contributed by atoms with Crippen molar-refractivity contribution in [3.05, 3.63) is 25.1 Å². The van der Waals surface area contributed by atoms with Crippen molar-refractivity contribution in [1.82, 2.24) is 10.2 Å². The molecule has 0 radical (unpaired) electrons. The van der Waals surface area contributed by atoms with Gasteiger partial charge in [-0.2, -0.15) is 0 Å². The summed E-state index contributed by atoms with van der Waals surface area (Å²) in [5.74, 6) is -0.196. The van der Waals surface area contributed by atoms with E-state index < -0.39 is 0 Å². The van der Waals surface area contributed by atoms with Crippen molar-refractivity contribution in [2.24, 2.45) is 0 Å². The lowest BCUT2D eigenvalue weighted by atomic mass is 10.6. The van der Waals surface area contributed by atoms with Gasteiger partial charge in [0.2, 0.25) is 5.91 Å². The molecule has 0 aliphatic rings. The van der Waals surface area contributed by atoms with Crippen LogP contribution in [0.3, 0.4) is 0 Å². The SMILES string of the molecule is C=CC(=O)NC=CN(C)C. The van der Waals surface area contributed by atoms with E-state index in [0.29, 0.717) is 0 Å². The van der Waals surface area contributed by atoms with Gasteiger partial charge >= 0.3 is 0 Å². The molecule has 3 heteroatoms. The highest BCUT2D eigenvalue weighted by Crippen LogP contribution is 1.73. The lowest BCUT2D eigenvalue weighted by Gasteiger charge is -2.02. The second-order valence-corrected chi connectivity index (χ2v) is 1.99. The first-order chi connectivity index (χ1) is 4.66. The number of hydrogen-bond acceptors (Lipinski definition) is 2. The van der Waals surface area contributed by atoms with Crippen LogP contribution in [0.25, 0.3) is 0 Å². The molecule has 0 aliphatic heterocycles. The molecule has 0 heterocycles. The van der Waals surface area contributed by atoms with Gasteiger partial charge in [-0.3, -0.25) is 4.79 Å². The topological polar surface area (TPSA) is 32.3 Å². The molecule has 0 bridgehead atoms. The molecule has 3 nitrogen and oxygen atoms in total. The summed E-state index contributed by atoms with van der Waals surface area (Å²) in [6, 6.07) is 0. The van der Waals surface area contributed by atoms with Gasteiger partial charge in [-0.1, -0.05) is 6.58 Å². The van der Waals surface area contributed by atoms with E-state index >= 15 is 0 Å². The van der Waals surface area contributed by atoms with Gasteiger partial charge < -0.3 is 10.2 Å². The summed E-state index contributed by atoms with van der Waals surface area (Å²) < 4.78 is 0. The van der Waals surface area contributed by atoms with Crippen molar-refractivity contribution in [1.29, 1.82) is 0 Å². The molecule has 0 fully saturated rings. The maximum absolute atomic E-state index is 10.5. The zero-order valence-corrected chi connectivity index (χ0v) is 6.29. The maximum atomic E-state index is 10.5. The lowest BCUT2D eigenvalue weighted by Crippen LogP contribution is -2.14. The third-order valence-electron chi connectivity index (χ3n) is 0.784. The van der Waals surface area contributed by atoms with E-state index in [1.165, 1.54) is 6.08 Å². The van der Waals surface area contributed by atoms with E-state index in [1.807, 2.05) is 19.0 Å². The second-order valence-electron chi connectivity index (χ2n) is 1.99. The standard InChI is InChI=1S/C7H12N2O/c1-4-7(10)8-5-6-9(2)3/h4-6H,1H2,2-3H3,(H,8,10). The molecular formula is C7H12N2O. The zero-order valence-electron chi connectivity index (χ0n) is 6.29. The van der Waals surface area contributed by atoms with Gasteiger partial charge in [0.1, 0.15) is 0 Å². The van der Waals surface area contributed by atoms with Gasteiger partial charge in [-0.05, 0) is 6.08 Å². The highest BCUT2D eigenvalue weighted by Gasteiger charge is 1.84. The summed E-state index contributed by atoms with van der Waals surface area (Å²) in [6.45, 7) is 3.30. The minimum absolute atomic E-state index is 0.196. The van der Waals surface area contributed by atoms with Gasteiger partial charge in [0, 0.05) is 26.5 Å². The van der Waals surface area contributed by atoms with Crippen LogP contribution in [0.1, 0.15) is 0 Å². The Bertz CT molecular complexity index is 150.